The number of carbonyl (C=O) groups excluding carboxylic acids is 1. The van der Waals surface area contributed by atoms with Gasteiger partial charge >= 0.3 is 0 Å². The zero-order valence-electron chi connectivity index (χ0n) is 17.1. The number of benzene rings is 4. The van der Waals surface area contributed by atoms with Crippen LogP contribution in [0, 0.1) is 0 Å². The molecule has 0 saturated heterocycles. The maximum absolute atomic E-state index is 12.5. The number of carbonyl (C=O) groups is 1. The Hall–Kier alpha value is -3.99. The molecule has 2 N–H and O–H groups in total. The van der Waals surface area contributed by atoms with Gasteiger partial charge < -0.3 is 20.1 Å². The Balaban J connectivity index is 1.31. The molecule has 0 atom stereocenters. The molecule has 0 heterocycles. The Morgan fingerprint density at radius 2 is 1.35 bits per heavy atom. The number of hydrogen-bond donors (Lipinski definition) is 2. The number of hydrogen-bond acceptors (Lipinski definition) is 4. The summed E-state index contributed by atoms with van der Waals surface area (Å²) in [6.45, 7) is 0.935. The number of amides is 1. The molecule has 0 unspecified atom stereocenters. The molecule has 156 valence electrons. The SMILES string of the molecule is O=C(CNc1cccc2ccccc12)Nc1ccccc1OCCOc1ccccc1. The first kappa shape index (κ1) is 20.3. The number of rotatable bonds is 9. The van der Waals surface area contributed by atoms with Gasteiger partial charge in [-0.15, -0.1) is 0 Å². The largest absolute Gasteiger partial charge is 0.490 e. The molecule has 0 aliphatic carbocycles. The van der Waals surface area contributed by atoms with Crippen LogP contribution in [0.25, 0.3) is 10.8 Å². The summed E-state index contributed by atoms with van der Waals surface area (Å²) in [7, 11) is 0. The van der Waals surface area contributed by atoms with E-state index in [2.05, 4.69) is 22.8 Å². The van der Waals surface area contributed by atoms with Crippen molar-refractivity contribution < 1.29 is 14.3 Å². The number of ether oxygens (including phenoxy) is 2. The molecule has 1 amide bonds. The Kier molecular flexibility index (Phi) is 6.65. The van der Waals surface area contributed by atoms with Crippen LogP contribution < -0.4 is 20.1 Å². The maximum atomic E-state index is 12.5. The summed E-state index contributed by atoms with van der Waals surface area (Å²) in [5, 5.41) is 8.36. The Labute approximate surface area is 181 Å². The van der Waals surface area contributed by atoms with Gasteiger partial charge in [-0.05, 0) is 35.7 Å². The topological polar surface area (TPSA) is 59.6 Å². The highest BCUT2D eigenvalue weighted by atomic mass is 16.5. The van der Waals surface area contributed by atoms with Crippen LogP contribution in [0.5, 0.6) is 11.5 Å². The van der Waals surface area contributed by atoms with Crippen LogP contribution in [0.4, 0.5) is 11.4 Å². The van der Waals surface area contributed by atoms with Crippen LogP contribution in [0.15, 0.2) is 97.1 Å². The maximum Gasteiger partial charge on any atom is 0.243 e. The molecule has 4 aromatic rings. The minimum atomic E-state index is -0.149. The van der Waals surface area contributed by atoms with Crippen molar-refractivity contribution in [3.63, 3.8) is 0 Å². The van der Waals surface area contributed by atoms with Crippen molar-refractivity contribution in [2.75, 3.05) is 30.4 Å². The van der Waals surface area contributed by atoms with E-state index in [1.807, 2.05) is 84.9 Å². The van der Waals surface area contributed by atoms with Crippen LogP contribution >= 0.6 is 0 Å². The van der Waals surface area contributed by atoms with Crippen molar-refractivity contribution in [3.8, 4) is 11.5 Å². The van der Waals surface area contributed by atoms with Crippen LogP contribution in [0.2, 0.25) is 0 Å². The summed E-state index contributed by atoms with van der Waals surface area (Å²) in [6, 6.07) is 31.1. The molecular weight excluding hydrogens is 388 g/mol. The number of fused-ring (bicyclic) bond motifs is 1. The van der Waals surface area contributed by atoms with Gasteiger partial charge in [0.15, 0.2) is 0 Å². The summed E-state index contributed by atoms with van der Waals surface area (Å²) in [4.78, 5) is 12.5. The average Bonchev–Trinajstić information content (AvgIpc) is 2.82. The fraction of sp³-hybridized carbons (Fsp3) is 0.115. The predicted octanol–water partition coefficient (Wildman–Crippen LogP) is 5.35. The molecule has 0 saturated carbocycles. The van der Waals surface area contributed by atoms with E-state index < -0.39 is 0 Å². The van der Waals surface area contributed by atoms with Crippen LogP contribution in [0.3, 0.4) is 0 Å². The van der Waals surface area contributed by atoms with E-state index in [4.69, 9.17) is 9.47 Å². The molecule has 0 radical (unpaired) electrons. The number of anilines is 2. The number of nitrogens with one attached hydrogen (secondary N) is 2. The Bertz CT molecular complexity index is 1140. The van der Waals surface area contributed by atoms with E-state index in [0.717, 1.165) is 22.2 Å². The average molecular weight is 412 g/mol. The molecule has 0 bridgehead atoms. The lowest BCUT2D eigenvalue weighted by atomic mass is 10.1. The van der Waals surface area contributed by atoms with Crippen LogP contribution in [-0.2, 0) is 4.79 Å². The van der Waals surface area contributed by atoms with Gasteiger partial charge in [0.1, 0.15) is 24.7 Å². The van der Waals surface area contributed by atoms with E-state index in [1.54, 1.807) is 0 Å². The van der Waals surface area contributed by atoms with Gasteiger partial charge in [0.05, 0.1) is 12.2 Å². The molecule has 0 spiro atoms. The van der Waals surface area contributed by atoms with Crippen molar-refractivity contribution in [1.82, 2.24) is 0 Å². The first-order valence-electron chi connectivity index (χ1n) is 10.2. The minimum absolute atomic E-state index is 0.149. The summed E-state index contributed by atoms with van der Waals surface area (Å²) in [6.07, 6.45) is 0. The lowest BCUT2D eigenvalue weighted by Gasteiger charge is -2.14. The summed E-state index contributed by atoms with van der Waals surface area (Å²) in [5.41, 5.74) is 1.56. The van der Waals surface area contributed by atoms with Crippen molar-refractivity contribution in [3.05, 3.63) is 97.1 Å². The third-order valence-corrected chi connectivity index (χ3v) is 4.74. The summed E-state index contributed by atoms with van der Waals surface area (Å²) in [5.74, 6) is 1.26. The van der Waals surface area contributed by atoms with Crippen molar-refractivity contribution in [1.29, 1.82) is 0 Å². The van der Waals surface area contributed by atoms with Crippen LogP contribution in [0.1, 0.15) is 0 Å². The van der Waals surface area contributed by atoms with Gasteiger partial charge in [-0.1, -0.05) is 66.7 Å². The second kappa shape index (κ2) is 10.2. The highest BCUT2D eigenvalue weighted by molar-refractivity contribution is 5.98. The minimum Gasteiger partial charge on any atom is -0.490 e. The van der Waals surface area contributed by atoms with E-state index >= 15 is 0 Å². The lowest BCUT2D eigenvalue weighted by Crippen LogP contribution is -2.22. The molecule has 4 rings (SSSR count). The van der Waals surface area contributed by atoms with E-state index in [9.17, 15) is 4.79 Å². The first-order chi connectivity index (χ1) is 15.3. The molecule has 5 nitrogen and oxygen atoms in total. The molecule has 0 aliphatic heterocycles. The quantitative estimate of drug-likeness (QED) is 0.364. The smallest absolute Gasteiger partial charge is 0.243 e. The van der Waals surface area contributed by atoms with Crippen molar-refractivity contribution >= 4 is 28.1 Å². The molecule has 0 aliphatic rings. The predicted molar refractivity (Wildman–Crippen MR) is 125 cm³/mol. The molecule has 0 fully saturated rings. The molecule has 0 aromatic heterocycles. The van der Waals surface area contributed by atoms with Gasteiger partial charge in [0.2, 0.25) is 5.91 Å². The van der Waals surface area contributed by atoms with Crippen molar-refractivity contribution in [2.45, 2.75) is 0 Å². The second-order valence-corrected chi connectivity index (χ2v) is 6.93. The monoisotopic (exact) mass is 412 g/mol. The Morgan fingerprint density at radius 3 is 2.26 bits per heavy atom. The zero-order valence-corrected chi connectivity index (χ0v) is 17.1. The van der Waals surface area contributed by atoms with Gasteiger partial charge in [0, 0.05) is 11.1 Å². The van der Waals surface area contributed by atoms with Gasteiger partial charge in [-0.25, -0.2) is 0 Å². The molecule has 4 aromatic carbocycles. The van der Waals surface area contributed by atoms with E-state index in [0.29, 0.717) is 24.7 Å². The summed E-state index contributed by atoms with van der Waals surface area (Å²) >= 11 is 0. The normalized spacial score (nSPS) is 10.5. The summed E-state index contributed by atoms with van der Waals surface area (Å²) < 4.78 is 11.5. The second-order valence-electron chi connectivity index (χ2n) is 6.93. The molecule has 5 heteroatoms. The fourth-order valence-corrected chi connectivity index (χ4v) is 3.27. The third kappa shape index (κ3) is 5.54. The molecule has 31 heavy (non-hydrogen) atoms. The fourth-order valence-electron chi connectivity index (χ4n) is 3.27. The standard InChI is InChI=1S/C26H24N2O3/c29-26(19-27-23-15-8-10-20-9-4-5-13-22(20)23)28-24-14-6-7-16-25(24)31-18-17-30-21-11-2-1-3-12-21/h1-16,27H,17-19H2,(H,28,29). The Morgan fingerprint density at radius 1 is 0.677 bits per heavy atom. The van der Waals surface area contributed by atoms with Gasteiger partial charge in [-0.3, -0.25) is 4.79 Å². The zero-order chi connectivity index (χ0) is 21.3. The lowest BCUT2D eigenvalue weighted by molar-refractivity contribution is -0.114. The van der Waals surface area contributed by atoms with Crippen LogP contribution in [-0.4, -0.2) is 25.7 Å². The van der Waals surface area contributed by atoms with Crippen molar-refractivity contribution in [2.24, 2.45) is 0 Å². The first-order valence-corrected chi connectivity index (χ1v) is 10.2. The van der Waals surface area contributed by atoms with Gasteiger partial charge in [0.25, 0.3) is 0 Å². The third-order valence-electron chi connectivity index (χ3n) is 4.74. The van der Waals surface area contributed by atoms with E-state index in [-0.39, 0.29) is 12.5 Å². The number of para-hydroxylation sites is 3. The highest BCUT2D eigenvalue weighted by Crippen LogP contribution is 2.25. The highest BCUT2D eigenvalue weighted by Gasteiger charge is 2.09. The van der Waals surface area contributed by atoms with Gasteiger partial charge in [-0.2, -0.15) is 0 Å². The molecular formula is C26H24N2O3. The van der Waals surface area contributed by atoms with E-state index in [1.165, 1.54) is 0 Å².